The maximum Gasteiger partial charge on any atom is 0.417 e. The van der Waals surface area contributed by atoms with Crippen molar-refractivity contribution in [1.82, 2.24) is 0 Å². The summed E-state index contributed by atoms with van der Waals surface area (Å²) in [5.41, 5.74) is -0.219. The number of halogens is 4. The number of hydrogen-bond acceptors (Lipinski definition) is 2. The van der Waals surface area contributed by atoms with Gasteiger partial charge in [-0.1, -0.05) is 28.4 Å². The normalized spacial score (nSPS) is 26.0. The van der Waals surface area contributed by atoms with Gasteiger partial charge < -0.3 is 10.2 Å². The summed E-state index contributed by atoms with van der Waals surface area (Å²) >= 11 is 2.92. The lowest BCUT2D eigenvalue weighted by atomic mass is 9.69. The van der Waals surface area contributed by atoms with E-state index in [0.717, 1.165) is 12.5 Å². The molecule has 2 N–H and O–H groups in total. The molecule has 0 aliphatic heterocycles. The lowest BCUT2D eigenvalue weighted by molar-refractivity contribution is -0.146. The van der Waals surface area contributed by atoms with Gasteiger partial charge in [0, 0.05) is 11.1 Å². The predicted octanol–water partition coefficient (Wildman–Crippen LogP) is 4.04. The first-order chi connectivity index (χ1) is 10.3. The second-order valence-electron chi connectivity index (χ2n) is 5.58. The van der Waals surface area contributed by atoms with Crippen molar-refractivity contribution in [1.29, 1.82) is 0 Å². The van der Waals surface area contributed by atoms with Gasteiger partial charge in [0.1, 0.15) is 0 Å². The van der Waals surface area contributed by atoms with Crippen LogP contribution in [0.15, 0.2) is 22.7 Å². The Morgan fingerprint density at radius 3 is 2.50 bits per heavy atom. The zero-order valence-corrected chi connectivity index (χ0v) is 13.2. The van der Waals surface area contributed by atoms with Gasteiger partial charge in [0.05, 0.1) is 11.5 Å². The molecule has 22 heavy (non-hydrogen) atoms. The van der Waals surface area contributed by atoms with Crippen molar-refractivity contribution >= 4 is 21.9 Å². The summed E-state index contributed by atoms with van der Waals surface area (Å²) in [6, 6.07) is 3.66. The molecule has 0 saturated heterocycles. The van der Waals surface area contributed by atoms with E-state index in [0.29, 0.717) is 18.4 Å². The van der Waals surface area contributed by atoms with E-state index >= 15 is 0 Å². The molecule has 0 amide bonds. The van der Waals surface area contributed by atoms with Crippen LogP contribution in [0.25, 0.3) is 0 Å². The van der Waals surface area contributed by atoms with Gasteiger partial charge in [0.15, 0.2) is 0 Å². The molecule has 0 bridgehead atoms. The van der Waals surface area contributed by atoms with Crippen molar-refractivity contribution in [2.45, 2.75) is 31.4 Å². The fourth-order valence-corrected chi connectivity index (χ4v) is 3.85. The van der Waals surface area contributed by atoms with Gasteiger partial charge in [-0.2, -0.15) is 13.2 Å². The largest absolute Gasteiger partial charge is 0.481 e. The molecular weight excluding hydrogens is 365 g/mol. The third-order valence-electron chi connectivity index (χ3n) is 4.28. The Hall–Kier alpha value is -1.08. The quantitative estimate of drug-likeness (QED) is 0.831. The summed E-state index contributed by atoms with van der Waals surface area (Å²) in [5.74, 6) is -2.54. The fraction of sp³-hybridized carbons (Fsp3) is 0.533. The van der Waals surface area contributed by atoms with Crippen molar-refractivity contribution in [3.63, 3.8) is 0 Å². The SMILES string of the molecule is O=C(O)C1C(CO)CCCC1c1ccc(C(F)(F)F)c(Br)c1. The minimum absolute atomic E-state index is 0.0900. The molecule has 0 heterocycles. The number of alkyl halides is 3. The number of aliphatic hydroxyl groups excluding tert-OH is 1. The standard InChI is InChI=1S/C15H16BrF3O3/c16-12-6-8(4-5-11(12)15(17,18)19)10-3-1-2-9(7-20)13(10)14(21)22/h4-6,9-10,13,20H,1-3,7H2,(H,21,22). The van der Waals surface area contributed by atoms with E-state index in [9.17, 15) is 28.2 Å². The van der Waals surface area contributed by atoms with E-state index in [1.165, 1.54) is 12.1 Å². The Morgan fingerprint density at radius 1 is 1.32 bits per heavy atom. The zero-order chi connectivity index (χ0) is 16.5. The van der Waals surface area contributed by atoms with Gasteiger partial charge in [-0.05, 0) is 42.4 Å². The summed E-state index contributed by atoms with van der Waals surface area (Å²) in [6.45, 7) is -0.227. The molecular formula is C15H16BrF3O3. The summed E-state index contributed by atoms with van der Waals surface area (Å²) in [7, 11) is 0. The highest BCUT2D eigenvalue weighted by atomic mass is 79.9. The van der Waals surface area contributed by atoms with Crippen LogP contribution in [0.3, 0.4) is 0 Å². The van der Waals surface area contributed by atoms with Crippen LogP contribution in [0.1, 0.15) is 36.3 Å². The summed E-state index contributed by atoms with van der Waals surface area (Å²) in [5, 5.41) is 18.8. The summed E-state index contributed by atoms with van der Waals surface area (Å²) in [6.07, 6.45) is -2.50. The Balaban J connectivity index is 2.37. The van der Waals surface area contributed by atoms with E-state index in [1.807, 2.05) is 0 Å². The molecule has 122 valence electrons. The van der Waals surface area contributed by atoms with Crippen LogP contribution < -0.4 is 0 Å². The second kappa shape index (κ2) is 6.58. The number of benzene rings is 1. The maximum absolute atomic E-state index is 12.8. The molecule has 3 unspecified atom stereocenters. The molecule has 0 aromatic heterocycles. The van der Waals surface area contributed by atoms with Crippen LogP contribution in [0.5, 0.6) is 0 Å². The highest BCUT2D eigenvalue weighted by Gasteiger charge is 2.40. The summed E-state index contributed by atoms with van der Waals surface area (Å²) < 4.78 is 38.3. The Morgan fingerprint density at radius 2 is 2.00 bits per heavy atom. The predicted molar refractivity (Wildman–Crippen MR) is 77.4 cm³/mol. The monoisotopic (exact) mass is 380 g/mol. The average Bonchev–Trinajstić information content (AvgIpc) is 2.44. The van der Waals surface area contributed by atoms with Crippen molar-refractivity contribution in [2.75, 3.05) is 6.61 Å². The lowest BCUT2D eigenvalue weighted by Crippen LogP contribution is -2.35. The van der Waals surface area contributed by atoms with Gasteiger partial charge in [-0.15, -0.1) is 0 Å². The average molecular weight is 381 g/mol. The highest BCUT2D eigenvalue weighted by Crippen LogP contribution is 2.43. The number of hydrogen-bond donors (Lipinski definition) is 2. The fourth-order valence-electron chi connectivity index (χ4n) is 3.23. The lowest BCUT2D eigenvalue weighted by Gasteiger charge is -2.35. The van der Waals surface area contributed by atoms with Gasteiger partial charge in [-0.3, -0.25) is 4.79 Å². The minimum atomic E-state index is -4.45. The van der Waals surface area contributed by atoms with E-state index in [4.69, 9.17) is 0 Å². The first kappa shape index (κ1) is 17.3. The van der Waals surface area contributed by atoms with Crippen molar-refractivity contribution in [3.8, 4) is 0 Å². The molecule has 1 fully saturated rings. The van der Waals surface area contributed by atoms with Crippen molar-refractivity contribution in [2.24, 2.45) is 11.8 Å². The van der Waals surface area contributed by atoms with Crippen LogP contribution in [0.2, 0.25) is 0 Å². The molecule has 1 aromatic carbocycles. The Bertz CT molecular complexity index is 559. The number of aliphatic carboxylic acids is 1. The maximum atomic E-state index is 12.8. The number of carboxylic acid groups (broad SMARTS) is 1. The molecule has 1 aromatic rings. The third kappa shape index (κ3) is 3.46. The van der Waals surface area contributed by atoms with E-state index in [2.05, 4.69) is 15.9 Å². The summed E-state index contributed by atoms with van der Waals surface area (Å²) in [4.78, 5) is 11.5. The second-order valence-corrected chi connectivity index (χ2v) is 6.44. The van der Waals surface area contributed by atoms with Crippen molar-refractivity contribution < 1.29 is 28.2 Å². The number of carbonyl (C=O) groups is 1. The van der Waals surface area contributed by atoms with Gasteiger partial charge in [0.2, 0.25) is 0 Å². The zero-order valence-electron chi connectivity index (χ0n) is 11.6. The van der Waals surface area contributed by atoms with Crippen molar-refractivity contribution in [3.05, 3.63) is 33.8 Å². The Labute approximate surface area is 134 Å². The smallest absolute Gasteiger partial charge is 0.417 e. The van der Waals surface area contributed by atoms with Crippen LogP contribution >= 0.6 is 15.9 Å². The molecule has 7 heteroatoms. The van der Waals surface area contributed by atoms with E-state index < -0.39 is 23.6 Å². The molecule has 1 saturated carbocycles. The molecule has 0 spiro atoms. The molecule has 3 atom stereocenters. The number of carboxylic acids is 1. The first-order valence-corrected chi connectivity index (χ1v) is 7.75. The molecule has 1 aliphatic carbocycles. The van der Waals surface area contributed by atoms with Crippen LogP contribution in [0, 0.1) is 11.8 Å². The molecule has 3 nitrogen and oxygen atoms in total. The van der Waals surface area contributed by atoms with Crippen LogP contribution in [0.4, 0.5) is 13.2 Å². The number of aliphatic hydroxyl groups is 1. The van der Waals surface area contributed by atoms with Gasteiger partial charge >= 0.3 is 12.1 Å². The third-order valence-corrected chi connectivity index (χ3v) is 4.93. The van der Waals surface area contributed by atoms with E-state index in [1.54, 1.807) is 0 Å². The molecule has 0 radical (unpaired) electrons. The number of rotatable bonds is 3. The van der Waals surface area contributed by atoms with E-state index in [-0.39, 0.29) is 22.9 Å². The van der Waals surface area contributed by atoms with Gasteiger partial charge in [-0.25, -0.2) is 0 Å². The molecule has 2 rings (SSSR count). The van der Waals surface area contributed by atoms with Crippen LogP contribution in [-0.2, 0) is 11.0 Å². The first-order valence-electron chi connectivity index (χ1n) is 6.96. The highest BCUT2D eigenvalue weighted by molar-refractivity contribution is 9.10. The molecule has 1 aliphatic rings. The van der Waals surface area contributed by atoms with Gasteiger partial charge in [0.25, 0.3) is 0 Å². The Kier molecular flexibility index (Phi) is 5.17. The topological polar surface area (TPSA) is 57.5 Å². The minimum Gasteiger partial charge on any atom is -0.481 e. The van der Waals surface area contributed by atoms with Crippen LogP contribution in [-0.4, -0.2) is 22.8 Å².